The summed E-state index contributed by atoms with van der Waals surface area (Å²) in [6.07, 6.45) is -1.26. The molecule has 2 aliphatic rings. The minimum Gasteiger partial charge on any atom is -0.389 e. The monoisotopic (exact) mass is 218 g/mol. The maximum Gasteiger partial charge on any atom is 0.334 e. The lowest BCUT2D eigenvalue weighted by molar-refractivity contribution is -0.0523. The summed E-state index contributed by atoms with van der Waals surface area (Å²) in [6, 6.07) is 0. The highest BCUT2D eigenvalue weighted by molar-refractivity contribution is 7.54. The SMILES string of the molecule is [B]C1C2CC2(P(=O)(O)O)C(O)C1(C)O. The lowest BCUT2D eigenvalue weighted by Gasteiger charge is -2.32. The molecule has 2 aliphatic carbocycles. The summed E-state index contributed by atoms with van der Waals surface area (Å²) in [5.41, 5.74) is -1.61. The molecule has 0 amide bonds. The summed E-state index contributed by atoms with van der Waals surface area (Å²) in [6.45, 7) is 1.31. The van der Waals surface area contributed by atoms with Crippen molar-refractivity contribution >= 4 is 15.4 Å². The van der Waals surface area contributed by atoms with Crippen LogP contribution in [0.1, 0.15) is 13.3 Å². The minimum atomic E-state index is -4.41. The standard InChI is InChI=1S/C7H12BO5P/c1-6(10)4(8)3-2-7(3,5(6)9)14(11,12)13/h3-5,9-10H,2H2,1H3,(H2,11,12,13). The molecule has 2 radical (unpaired) electrons. The first-order chi connectivity index (χ1) is 6.15. The van der Waals surface area contributed by atoms with Crippen LogP contribution in [0.25, 0.3) is 0 Å². The molecule has 0 aliphatic heterocycles. The summed E-state index contributed by atoms with van der Waals surface area (Å²) in [4.78, 5) is 18.2. The van der Waals surface area contributed by atoms with Crippen molar-refractivity contribution in [3.8, 4) is 0 Å². The molecule has 0 bridgehead atoms. The van der Waals surface area contributed by atoms with Crippen LogP contribution in [-0.4, -0.2) is 44.7 Å². The van der Waals surface area contributed by atoms with Crippen molar-refractivity contribution in [2.45, 2.75) is 36.0 Å². The molecule has 5 unspecified atom stereocenters. The third-order valence-electron chi connectivity index (χ3n) is 3.71. The van der Waals surface area contributed by atoms with Gasteiger partial charge >= 0.3 is 7.60 Å². The average Bonchev–Trinajstić information content (AvgIpc) is 2.71. The van der Waals surface area contributed by atoms with E-state index in [9.17, 15) is 14.8 Å². The van der Waals surface area contributed by atoms with Crippen LogP contribution in [0.15, 0.2) is 0 Å². The molecule has 78 valence electrons. The van der Waals surface area contributed by atoms with E-state index in [0.717, 1.165) is 0 Å². The van der Waals surface area contributed by atoms with E-state index in [1.807, 2.05) is 0 Å². The lowest BCUT2D eigenvalue weighted by atomic mass is 9.73. The Kier molecular flexibility index (Phi) is 1.86. The van der Waals surface area contributed by atoms with Crippen molar-refractivity contribution in [2.24, 2.45) is 5.92 Å². The fourth-order valence-corrected chi connectivity index (χ4v) is 4.24. The smallest absolute Gasteiger partial charge is 0.334 e. The van der Waals surface area contributed by atoms with E-state index in [1.165, 1.54) is 6.92 Å². The second-order valence-corrected chi connectivity index (χ2v) is 6.42. The molecule has 5 nitrogen and oxygen atoms in total. The molecule has 7 heteroatoms. The molecule has 0 spiro atoms. The van der Waals surface area contributed by atoms with Gasteiger partial charge in [-0.15, -0.1) is 0 Å². The Morgan fingerprint density at radius 3 is 2.21 bits per heavy atom. The molecule has 0 aromatic heterocycles. The summed E-state index contributed by atoms with van der Waals surface area (Å²) >= 11 is 0. The Labute approximate surface area is 82.7 Å². The van der Waals surface area contributed by atoms with Crippen molar-refractivity contribution in [1.29, 1.82) is 0 Å². The molecule has 14 heavy (non-hydrogen) atoms. The van der Waals surface area contributed by atoms with Gasteiger partial charge in [-0.25, -0.2) is 0 Å². The van der Waals surface area contributed by atoms with Gasteiger partial charge in [-0.05, 0) is 25.1 Å². The lowest BCUT2D eigenvalue weighted by Crippen LogP contribution is -2.45. The van der Waals surface area contributed by atoms with Gasteiger partial charge in [-0.2, -0.15) is 0 Å². The fourth-order valence-electron chi connectivity index (χ4n) is 2.64. The van der Waals surface area contributed by atoms with Gasteiger partial charge in [0.1, 0.15) is 5.16 Å². The van der Waals surface area contributed by atoms with Gasteiger partial charge in [0.15, 0.2) is 0 Å². The van der Waals surface area contributed by atoms with E-state index in [0.29, 0.717) is 0 Å². The number of rotatable bonds is 1. The second kappa shape index (κ2) is 2.44. The first-order valence-corrected chi connectivity index (χ1v) is 5.98. The van der Waals surface area contributed by atoms with Crippen LogP contribution >= 0.6 is 7.60 Å². The van der Waals surface area contributed by atoms with Gasteiger partial charge < -0.3 is 20.0 Å². The Hall–Kier alpha value is 0.135. The van der Waals surface area contributed by atoms with Gasteiger partial charge in [0, 0.05) is 0 Å². The number of hydrogen-bond acceptors (Lipinski definition) is 3. The van der Waals surface area contributed by atoms with Crippen LogP contribution in [0.3, 0.4) is 0 Å². The highest BCUT2D eigenvalue weighted by Gasteiger charge is 2.80. The van der Waals surface area contributed by atoms with Crippen LogP contribution < -0.4 is 0 Å². The summed E-state index contributed by atoms with van der Waals surface area (Å²) in [5.74, 6) is -1.25. The fraction of sp³-hybridized carbons (Fsp3) is 1.00. The molecular weight excluding hydrogens is 206 g/mol. The highest BCUT2D eigenvalue weighted by atomic mass is 31.2. The van der Waals surface area contributed by atoms with Crippen molar-refractivity contribution in [3.05, 3.63) is 0 Å². The maximum absolute atomic E-state index is 11.2. The molecule has 4 N–H and O–H groups in total. The van der Waals surface area contributed by atoms with E-state index in [4.69, 9.17) is 17.6 Å². The molecule has 0 aromatic carbocycles. The van der Waals surface area contributed by atoms with E-state index < -0.39 is 36.2 Å². The third kappa shape index (κ3) is 0.934. The van der Waals surface area contributed by atoms with Gasteiger partial charge in [-0.1, -0.05) is 0 Å². The summed E-state index contributed by atoms with van der Waals surface area (Å²) in [5, 5.41) is 18.0. The van der Waals surface area contributed by atoms with Crippen LogP contribution in [0, 0.1) is 5.92 Å². The van der Waals surface area contributed by atoms with Crippen LogP contribution in [-0.2, 0) is 4.57 Å². The van der Waals surface area contributed by atoms with E-state index >= 15 is 0 Å². The predicted octanol–water partition coefficient (Wildman–Crippen LogP) is -0.995. The highest BCUT2D eigenvalue weighted by Crippen LogP contribution is 2.79. The molecule has 2 rings (SSSR count). The average molecular weight is 218 g/mol. The zero-order valence-corrected chi connectivity index (χ0v) is 8.56. The molecular formula is C7H12BO5P. The molecule has 0 saturated heterocycles. The zero-order chi connectivity index (χ0) is 10.9. The van der Waals surface area contributed by atoms with Crippen molar-refractivity contribution in [1.82, 2.24) is 0 Å². The van der Waals surface area contributed by atoms with Crippen LogP contribution in [0.4, 0.5) is 0 Å². The topological polar surface area (TPSA) is 98.0 Å². The first kappa shape index (κ1) is 10.6. The zero-order valence-electron chi connectivity index (χ0n) is 7.66. The summed E-state index contributed by atoms with van der Waals surface area (Å²) in [7, 11) is 1.20. The number of aliphatic hydroxyl groups is 2. The number of hydrogen-bond donors (Lipinski definition) is 4. The van der Waals surface area contributed by atoms with Crippen LogP contribution in [0.5, 0.6) is 0 Å². The Morgan fingerprint density at radius 1 is 1.50 bits per heavy atom. The number of aliphatic hydroxyl groups excluding tert-OH is 1. The normalized spacial score (nSPS) is 57.1. The quantitative estimate of drug-likeness (QED) is 0.334. The summed E-state index contributed by atoms with van der Waals surface area (Å²) < 4.78 is 11.2. The van der Waals surface area contributed by atoms with E-state index in [1.54, 1.807) is 0 Å². The molecule has 0 aromatic rings. The minimum absolute atomic E-state index is 0.190. The maximum atomic E-state index is 11.2. The Morgan fingerprint density at radius 2 is 2.00 bits per heavy atom. The van der Waals surface area contributed by atoms with Crippen LogP contribution in [0.2, 0.25) is 5.82 Å². The largest absolute Gasteiger partial charge is 0.389 e. The third-order valence-corrected chi connectivity index (χ3v) is 5.55. The van der Waals surface area contributed by atoms with E-state index in [-0.39, 0.29) is 6.42 Å². The van der Waals surface area contributed by atoms with Gasteiger partial charge in [-0.3, -0.25) is 4.57 Å². The molecule has 0 heterocycles. The first-order valence-electron chi connectivity index (χ1n) is 4.37. The van der Waals surface area contributed by atoms with Gasteiger partial charge in [0.05, 0.1) is 19.6 Å². The predicted molar refractivity (Wildman–Crippen MR) is 49.0 cm³/mol. The second-order valence-electron chi connectivity index (χ2n) is 4.50. The molecule has 2 saturated carbocycles. The van der Waals surface area contributed by atoms with Gasteiger partial charge in [0.25, 0.3) is 0 Å². The Bertz CT molecular complexity index is 326. The molecule has 2 fully saturated rings. The van der Waals surface area contributed by atoms with Crippen molar-refractivity contribution in [2.75, 3.05) is 0 Å². The number of fused-ring (bicyclic) bond motifs is 1. The Balaban J connectivity index is 2.43. The molecule has 5 atom stereocenters. The van der Waals surface area contributed by atoms with Crippen molar-refractivity contribution in [3.63, 3.8) is 0 Å². The van der Waals surface area contributed by atoms with Gasteiger partial charge in [0.2, 0.25) is 0 Å². The van der Waals surface area contributed by atoms with Crippen molar-refractivity contribution < 1.29 is 24.6 Å². The van der Waals surface area contributed by atoms with E-state index in [2.05, 4.69) is 0 Å².